The topological polar surface area (TPSA) is 40.9 Å². The van der Waals surface area contributed by atoms with Crippen molar-refractivity contribution in [2.24, 2.45) is 0 Å². The van der Waals surface area contributed by atoms with E-state index in [1.807, 2.05) is 17.6 Å². The Balaban J connectivity index is 4.24. The Bertz CT molecular complexity index is 334. The van der Waals surface area contributed by atoms with Gasteiger partial charge >= 0.3 is 0 Å². The summed E-state index contributed by atoms with van der Waals surface area (Å²) in [6.45, 7) is 7.23. The Morgan fingerprint density at radius 3 is 2.73 bits per heavy atom. The van der Waals surface area contributed by atoms with Crippen LogP contribution in [0.1, 0.15) is 26.7 Å². The van der Waals surface area contributed by atoms with Crippen molar-refractivity contribution in [1.82, 2.24) is 0 Å². The van der Waals surface area contributed by atoms with Crippen LogP contribution in [0.5, 0.6) is 0 Å². The molecule has 0 aliphatic heterocycles. The molecule has 0 atom stereocenters. The fourth-order valence-corrected chi connectivity index (χ4v) is 1.37. The number of Topliss-reactive ketones (excluding diaryl/α,β-unsaturated/α-hetero) is 1. The quantitative estimate of drug-likeness (QED) is 0.391. The number of carbonyl (C=O) groups is 1. The minimum absolute atomic E-state index is 0.149. The van der Waals surface area contributed by atoms with Crippen molar-refractivity contribution in [3.05, 3.63) is 34.6 Å². The van der Waals surface area contributed by atoms with Gasteiger partial charge in [-0.05, 0) is 24.8 Å². The molecule has 0 saturated carbocycles. The van der Waals surface area contributed by atoms with Gasteiger partial charge in [0, 0.05) is 4.91 Å². The van der Waals surface area contributed by atoms with Crippen LogP contribution in [0.3, 0.4) is 0 Å². The van der Waals surface area contributed by atoms with E-state index in [0.717, 1.165) is 12.8 Å². The first-order chi connectivity index (χ1) is 7.11. The molecule has 0 aliphatic carbocycles. The van der Waals surface area contributed by atoms with Crippen LogP contribution in [-0.4, -0.2) is 5.78 Å². The normalized spacial score (nSPS) is 11.4. The maximum absolute atomic E-state index is 10.9. The minimum atomic E-state index is -0.225. The second-order valence-electron chi connectivity index (χ2n) is 2.97. The lowest BCUT2D eigenvalue weighted by molar-refractivity contribution is -0.113. The zero-order valence-corrected chi connectivity index (χ0v) is 9.93. The third-order valence-electron chi connectivity index (χ3n) is 1.58. The zero-order valence-electron chi connectivity index (χ0n) is 9.12. The van der Waals surface area contributed by atoms with Gasteiger partial charge in [0.2, 0.25) is 0 Å². The van der Waals surface area contributed by atoms with E-state index in [1.165, 1.54) is 24.8 Å². The number of unbranched alkanes of at least 4 members (excludes halogenated alkanes) is 1. The lowest BCUT2D eigenvalue weighted by atomic mass is 10.2. The number of ketones is 1. The lowest BCUT2D eigenvalue weighted by Crippen LogP contribution is -1.92. The molecule has 0 fully saturated rings. The van der Waals surface area contributed by atoms with Gasteiger partial charge in [-0.3, -0.25) is 4.79 Å². The van der Waals surface area contributed by atoms with E-state index in [-0.39, 0.29) is 11.4 Å². The van der Waals surface area contributed by atoms with Gasteiger partial charge in [-0.15, -0.1) is 0 Å². The monoisotopic (exact) mass is 221 g/mol. The number of nitrogens with zero attached hydrogens (tertiary/aromatic N) is 1. The fourth-order valence-electron chi connectivity index (χ4n) is 0.778. The number of hydrogen-bond donors (Lipinski definition) is 0. The van der Waals surface area contributed by atoms with Gasteiger partial charge in [0.15, 0.2) is 5.78 Å². The third-order valence-corrected chi connectivity index (χ3v) is 2.33. The predicted octanol–water partition coefficient (Wildman–Crippen LogP) is 3.59. The Morgan fingerprint density at radius 1 is 1.60 bits per heavy atom. The summed E-state index contributed by atoms with van der Waals surface area (Å²) < 4.78 is 0. The lowest BCUT2D eigenvalue weighted by Gasteiger charge is -1.94. The van der Waals surface area contributed by atoms with E-state index in [2.05, 4.69) is 13.5 Å². The zero-order chi connectivity index (χ0) is 11.7. The SMILES string of the molecule is C=C(/C=C(\C#N)C(C)=O)S/C=C\CCC. The van der Waals surface area contributed by atoms with E-state index in [9.17, 15) is 4.79 Å². The molecule has 0 unspecified atom stereocenters. The average molecular weight is 221 g/mol. The molecule has 3 heteroatoms. The third kappa shape index (κ3) is 6.75. The molecular formula is C12H15NOS. The van der Waals surface area contributed by atoms with Crippen molar-refractivity contribution in [3.8, 4) is 6.07 Å². The van der Waals surface area contributed by atoms with Gasteiger partial charge in [0.05, 0.1) is 5.57 Å². The van der Waals surface area contributed by atoms with Crippen LogP contribution >= 0.6 is 11.8 Å². The Kier molecular flexibility index (Phi) is 7.39. The molecule has 0 aromatic carbocycles. The molecule has 0 amide bonds. The summed E-state index contributed by atoms with van der Waals surface area (Å²) >= 11 is 1.42. The molecule has 0 heterocycles. The van der Waals surface area contributed by atoms with Gasteiger partial charge in [0.25, 0.3) is 0 Å². The Labute approximate surface area is 95.4 Å². The van der Waals surface area contributed by atoms with E-state index < -0.39 is 0 Å². The molecule has 15 heavy (non-hydrogen) atoms. The summed E-state index contributed by atoms with van der Waals surface area (Å²) in [6.07, 6.45) is 5.70. The molecule has 0 rings (SSSR count). The van der Waals surface area contributed by atoms with Crippen LogP contribution < -0.4 is 0 Å². The molecule has 0 spiro atoms. The number of nitriles is 1. The summed E-state index contributed by atoms with van der Waals surface area (Å²) in [4.78, 5) is 11.6. The van der Waals surface area contributed by atoms with E-state index in [4.69, 9.17) is 5.26 Å². The average Bonchev–Trinajstić information content (AvgIpc) is 2.20. The highest BCUT2D eigenvalue weighted by molar-refractivity contribution is 8.06. The summed E-state index contributed by atoms with van der Waals surface area (Å²) in [7, 11) is 0. The van der Waals surface area contributed by atoms with Crippen LogP contribution in [0.25, 0.3) is 0 Å². The van der Waals surface area contributed by atoms with Crippen molar-refractivity contribution >= 4 is 17.5 Å². The van der Waals surface area contributed by atoms with Gasteiger partial charge in [-0.1, -0.05) is 37.8 Å². The highest BCUT2D eigenvalue weighted by Crippen LogP contribution is 2.18. The second kappa shape index (κ2) is 8.07. The van der Waals surface area contributed by atoms with Crippen molar-refractivity contribution in [1.29, 1.82) is 5.26 Å². The number of carbonyl (C=O) groups excluding carboxylic acids is 1. The first-order valence-corrected chi connectivity index (χ1v) is 5.63. The fraction of sp³-hybridized carbons (Fsp3) is 0.333. The maximum Gasteiger partial charge on any atom is 0.170 e. The molecular weight excluding hydrogens is 206 g/mol. The van der Waals surface area contributed by atoms with Crippen LogP contribution in [-0.2, 0) is 4.79 Å². The van der Waals surface area contributed by atoms with Gasteiger partial charge in [-0.25, -0.2) is 0 Å². The van der Waals surface area contributed by atoms with Gasteiger partial charge in [0.1, 0.15) is 6.07 Å². The molecule has 0 saturated heterocycles. The molecule has 0 aromatic heterocycles. The standard InChI is InChI=1S/C12H15NOS/c1-4-5-6-7-15-10(2)8-12(9-13)11(3)14/h6-8H,2,4-5H2,1,3H3/b7-6-,12-8+. The van der Waals surface area contributed by atoms with Crippen molar-refractivity contribution in [3.63, 3.8) is 0 Å². The summed E-state index contributed by atoms with van der Waals surface area (Å²) in [5.74, 6) is -0.225. The minimum Gasteiger partial charge on any atom is -0.294 e. The second-order valence-corrected chi connectivity index (χ2v) is 4.00. The smallest absolute Gasteiger partial charge is 0.170 e. The molecule has 80 valence electrons. The van der Waals surface area contributed by atoms with E-state index in [1.54, 1.807) is 0 Å². The largest absolute Gasteiger partial charge is 0.294 e. The maximum atomic E-state index is 10.9. The summed E-state index contributed by atoms with van der Waals surface area (Å²) in [5.41, 5.74) is 0.149. The van der Waals surface area contributed by atoms with E-state index in [0.29, 0.717) is 4.91 Å². The summed E-state index contributed by atoms with van der Waals surface area (Å²) in [6, 6.07) is 1.85. The van der Waals surface area contributed by atoms with Gasteiger partial charge in [-0.2, -0.15) is 5.26 Å². The highest BCUT2D eigenvalue weighted by atomic mass is 32.2. The van der Waals surface area contributed by atoms with Crippen LogP contribution in [0.2, 0.25) is 0 Å². The molecule has 0 bridgehead atoms. The Morgan fingerprint density at radius 2 is 2.27 bits per heavy atom. The number of hydrogen-bond acceptors (Lipinski definition) is 3. The molecule has 2 nitrogen and oxygen atoms in total. The summed E-state index contributed by atoms with van der Waals surface area (Å²) in [5, 5.41) is 10.6. The molecule has 0 radical (unpaired) electrons. The molecule has 0 aliphatic rings. The number of allylic oxidation sites excluding steroid dienone is 3. The molecule has 0 N–H and O–H groups in total. The van der Waals surface area contributed by atoms with Crippen LogP contribution in [0.4, 0.5) is 0 Å². The van der Waals surface area contributed by atoms with Crippen molar-refractivity contribution < 1.29 is 4.79 Å². The van der Waals surface area contributed by atoms with Crippen molar-refractivity contribution in [2.75, 3.05) is 0 Å². The van der Waals surface area contributed by atoms with Crippen LogP contribution in [0.15, 0.2) is 34.6 Å². The first-order valence-electron chi connectivity index (χ1n) is 4.75. The predicted molar refractivity (Wildman–Crippen MR) is 65.2 cm³/mol. The van der Waals surface area contributed by atoms with Crippen LogP contribution in [0, 0.1) is 11.3 Å². The number of thioether (sulfide) groups is 1. The Hall–Kier alpha value is -1.27. The van der Waals surface area contributed by atoms with Crippen molar-refractivity contribution in [2.45, 2.75) is 26.7 Å². The van der Waals surface area contributed by atoms with Gasteiger partial charge < -0.3 is 0 Å². The number of rotatable bonds is 6. The molecule has 0 aromatic rings. The highest BCUT2D eigenvalue weighted by Gasteiger charge is 2.01. The van der Waals surface area contributed by atoms with E-state index >= 15 is 0 Å². The first kappa shape index (κ1) is 13.7.